The number of aryl methyl sites for hydroxylation is 2. The molecular weight excluding hydrogens is 422 g/mol. The zero-order valence-electron chi connectivity index (χ0n) is 16.5. The van der Waals surface area contributed by atoms with E-state index in [9.17, 15) is 9.59 Å². The molecule has 7 nitrogen and oxygen atoms in total. The number of anilines is 2. The molecule has 0 bridgehead atoms. The van der Waals surface area contributed by atoms with Crippen LogP contribution in [0.1, 0.15) is 23.0 Å². The van der Waals surface area contributed by atoms with Crippen LogP contribution in [0.15, 0.2) is 41.8 Å². The van der Waals surface area contributed by atoms with Gasteiger partial charge in [0.25, 0.3) is 5.91 Å². The Morgan fingerprint density at radius 2 is 1.97 bits per heavy atom. The van der Waals surface area contributed by atoms with Gasteiger partial charge in [-0.3, -0.25) is 14.3 Å². The zero-order chi connectivity index (χ0) is 21.4. The van der Waals surface area contributed by atoms with Crippen LogP contribution in [0.25, 0.3) is 21.6 Å². The van der Waals surface area contributed by atoms with Crippen molar-refractivity contribution in [3.05, 3.63) is 58.1 Å². The third kappa shape index (κ3) is 3.79. The SMILES string of the molecule is CC(=O)Nc1ccc(NC(=O)c2cc(-c3cccs3)nc3c2c(C)nn3C)c(Cl)c1. The summed E-state index contributed by atoms with van der Waals surface area (Å²) in [7, 11) is 1.81. The van der Waals surface area contributed by atoms with Crippen LogP contribution in [-0.4, -0.2) is 26.6 Å². The summed E-state index contributed by atoms with van der Waals surface area (Å²) in [5, 5.41) is 12.9. The quantitative estimate of drug-likeness (QED) is 0.474. The molecule has 0 aliphatic rings. The van der Waals surface area contributed by atoms with Gasteiger partial charge >= 0.3 is 0 Å². The molecule has 0 saturated heterocycles. The summed E-state index contributed by atoms with van der Waals surface area (Å²) in [6.45, 7) is 3.26. The molecule has 0 aliphatic heterocycles. The molecule has 0 spiro atoms. The monoisotopic (exact) mass is 439 g/mol. The molecule has 3 heterocycles. The number of nitrogens with zero attached hydrogens (tertiary/aromatic N) is 3. The van der Waals surface area contributed by atoms with E-state index < -0.39 is 0 Å². The standard InChI is InChI=1S/C21H18ClN5O2S/c1-11-19-14(10-17(18-5-4-8-30-18)24-20(19)27(3)26-11)21(29)25-16-7-6-13(9-15(16)22)23-12(2)28/h4-10H,1-3H3,(H,23,28)(H,25,29). The fourth-order valence-electron chi connectivity index (χ4n) is 3.26. The van der Waals surface area contributed by atoms with E-state index in [0.717, 1.165) is 10.6 Å². The number of nitrogens with one attached hydrogen (secondary N) is 2. The average Bonchev–Trinajstić information content (AvgIpc) is 3.32. The van der Waals surface area contributed by atoms with Crippen LogP contribution in [0.3, 0.4) is 0 Å². The molecule has 1 aromatic carbocycles. The number of carbonyl (C=O) groups excluding carboxylic acids is 2. The number of pyridine rings is 1. The van der Waals surface area contributed by atoms with Gasteiger partial charge in [0.1, 0.15) is 0 Å². The van der Waals surface area contributed by atoms with Crippen LogP contribution in [0.4, 0.5) is 11.4 Å². The molecule has 9 heteroatoms. The van der Waals surface area contributed by atoms with Crippen molar-refractivity contribution < 1.29 is 9.59 Å². The van der Waals surface area contributed by atoms with Crippen molar-refractivity contribution in [3.63, 3.8) is 0 Å². The zero-order valence-corrected chi connectivity index (χ0v) is 18.1. The molecule has 30 heavy (non-hydrogen) atoms. The molecule has 4 aromatic rings. The number of carbonyl (C=O) groups is 2. The highest BCUT2D eigenvalue weighted by molar-refractivity contribution is 7.13. The molecule has 2 amide bonds. The Labute approximate surface area is 181 Å². The largest absolute Gasteiger partial charge is 0.326 e. The Bertz CT molecular complexity index is 1280. The summed E-state index contributed by atoms with van der Waals surface area (Å²) < 4.78 is 1.67. The van der Waals surface area contributed by atoms with Gasteiger partial charge in [0.2, 0.25) is 5.91 Å². The number of aromatic nitrogens is 3. The van der Waals surface area contributed by atoms with E-state index in [2.05, 4.69) is 15.7 Å². The van der Waals surface area contributed by atoms with Crippen molar-refractivity contribution in [2.45, 2.75) is 13.8 Å². The minimum Gasteiger partial charge on any atom is -0.326 e. The summed E-state index contributed by atoms with van der Waals surface area (Å²) in [5.41, 5.74) is 3.53. The Balaban J connectivity index is 1.75. The van der Waals surface area contributed by atoms with Gasteiger partial charge in [-0.2, -0.15) is 5.10 Å². The van der Waals surface area contributed by atoms with Gasteiger partial charge in [0.15, 0.2) is 5.65 Å². The normalized spacial score (nSPS) is 10.9. The van der Waals surface area contributed by atoms with Gasteiger partial charge in [-0.05, 0) is 42.6 Å². The first-order valence-corrected chi connectivity index (χ1v) is 10.4. The molecule has 3 aromatic heterocycles. The topological polar surface area (TPSA) is 88.9 Å². The van der Waals surface area contributed by atoms with Gasteiger partial charge in [0.05, 0.1) is 37.9 Å². The second-order valence-corrected chi connectivity index (χ2v) is 8.12. The Morgan fingerprint density at radius 3 is 2.63 bits per heavy atom. The first kappa shape index (κ1) is 20.1. The number of halogens is 1. The van der Waals surface area contributed by atoms with E-state index in [1.165, 1.54) is 6.92 Å². The van der Waals surface area contributed by atoms with Crippen molar-refractivity contribution in [3.8, 4) is 10.6 Å². The first-order chi connectivity index (χ1) is 14.3. The van der Waals surface area contributed by atoms with Gasteiger partial charge in [-0.25, -0.2) is 4.98 Å². The number of fused-ring (bicyclic) bond motifs is 1. The Morgan fingerprint density at radius 1 is 1.17 bits per heavy atom. The highest BCUT2D eigenvalue weighted by atomic mass is 35.5. The van der Waals surface area contributed by atoms with Crippen LogP contribution in [-0.2, 0) is 11.8 Å². The number of hydrogen-bond acceptors (Lipinski definition) is 5. The predicted molar refractivity (Wildman–Crippen MR) is 120 cm³/mol. The van der Waals surface area contributed by atoms with Crippen LogP contribution < -0.4 is 10.6 Å². The van der Waals surface area contributed by atoms with Crippen LogP contribution in [0.2, 0.25) is 5.02 Å². The molecule has 152 valence electrons. The molecular formula is C21H18ClN5O2S. The fraction of sp³-hybridized carbons (Fsp3) is 0.143. The number of rotatable bonds is 4. The second-order valence-electron chi connectivity index (χ2n) is 6.77. The highest BCUT2D eigenvalue weighted by Crippen LogP contribution is 2.31. The molecule has 4 rings (SSSR count). The van der Waals surface area contributed by atoms with Crippen molar-refractivity contribution in [2.75, 3.05) is 10.6 Å². The lowest BCUT2D eigenvalue weighted by Crippen LogP contribution is -2.14. The maximum absolute atomic E-state index is 13.2. The average molecular weight is 440 g/mol. The molecule has 0 radical (unpaired) electrons. The second kappa shape index (κ2) is 7.89. The predicted octanol–water partition coefficient (Wildman–Crippen LogP) is 4.87. The van der Waals surface area contributed by atoms with E-state index in [0.29, 0.717) is 38.7 Å². The lowest BCUT2D eigenvalue weighted by atomic mass is 10.1. The summed E-state index contributed by atoms with van der Waals surface area (Å²) in [6.07, 6.45) is 0. The summed E-state index contributed by atoms with van der Waals surface area (Å²) in [6, 6.07) is 10.6. The van der Waals surface area contributed by atoms with Gasteiger partial charge in [-0.15, -0.1) is 11.3 Å². The fourth-order valence-corrected chi connectivity index (χ4v) is 4.18. The van der Waals surface area contributed by atoms with E-state index >= 15 is 0 Å². The third-order valence-electron chi connectivity index (χ3n) is 4.52. The lowest BCUT2D eigenvalue weighted by molar-refractivity contribution is -0.114. The summed E-state index contributed by atoms with van der Waals surface area (Å²) in [4.78, 5) is 30.1. The Kier molecular flexibility index (Phi) is 5.27. The van der Waals surface area contributed by atoms with Gasteiger partial charge in [-0.1, -0.05) is 17.7 Å². The van der Waals surface area contributed by atoms with E-state index in [1.54, 1.807) is 47.3 Å². The lowest BCUT2D eigenvalue weighted by Gasteiger charge is -2.11. The number of thiophene rings is 1. The highest BCUT2D eigenvalue weighted by Gasteiger charge is 2.20. The smallest absolute Gasteiger partial charge is 0.256 e. The Hall–Kier alpha value is -3.23. The maximum atomic E-state index is 13.2. The third-order valence-corrected chi connectivity index (χ3v) is 5.73. The van der Waals surface area contributed by atoms with E-state index in [4.69, 9.17) is 16.6 Å². The van der Waals surface area contributed by atoms with Crippen LogP contribution >= 0.6 is 22.9 Å². The van der Waals surface area contributed by atoms with E-state index in [-0.39, 0.29) is 11.8 Å². The van der Waals surface area contributed by atoms with Crippen molar-refractivity contribution in [1.29, 1.82) is 0 Å². The van der Waals surface area contributed by atoms with Gasteiger partial charge < -0.3 is 10.6 Å². The molecule has 0 saturated carbocycles. The summed E-state index contributed by atoms with van der Waals surface area (Å²) in [5.74, 6) is -0.513. The number of benzene rings is 1. The van der Waals surface area contributed by atoms with Crippen LogP contribution in [0.5, 0.6) is 0 Å². The first-order valence-electron chi connectivity index (χ1n) is 9.10. The number of amides is 2. The molecule has 0 fully saturated rings. The molecule has 0 unspecified atom stereocenters. The van der Waals surface area contributed by atoms with Crippen molar-refractivity contribution in [2.24, 2.45) is 7.05 Å². The van der Waals surface area contributed by atoms with E-state index in [1.807, 2.05) is 24.4 Å². The molecule has 0 atom stereocenters. The van der Waals surface area contributed by atoms with Crippen molar-refractivity contribution >= 4 is 57.2 Å². The minimum atomic E-state index is -0.314. The van der Waals surface area contributed by atoms with Gasteiger partial charge in [0, 0.05) is 19.7 Å². The van der Waals surface area contributed by atoms with Crippen molar-refractivity contribution in [1.82, 2.24) is 14.8 Å². The molecule has 2 N–H and O–H groups in total. The maximum Gasteiger partial charge on any atom is 0.256 e. The van der Waals surface area contributed by atoms with Crippen LogP contribution in [0, 0.1) is 6.92 Å². The summed E-state index contributed by atoms with van der Waals surface area (Å²) >= 11 is 7.87. The minimum absolute atomic E-state index is 0.199. The molecule has 0 aliphatic carbocycles. The number of hydrogen-bond donors (Lipinski definition) is 2.